The quantitative estimate of drug-likeness (QED) is 0.658. The predicted molar refractivity (Wildman–Crippen MR) is 79.3 cm³/mol. The van der Waals surface area contributed by atoms with Crippen molar-refractivity contribution in [3.05, 3.63) is 23.8 Å². The van der Waals surface area contributed by atoms with Gasteiger partial charge in [0.05, 0.1) is 24.4 Å². The Morgan fingerprint density at radius 2 is 2.05 bits per heavy atom. The first-order valence-corrected chi connectivity index (χ1v) is 6.93. The van der Waals surface area contributed by atoms with Gasteiger partial charge in [-0.3, -0.25) is 4.79 Å². The van der Waals surface area contributed by atoms with Gasteiger partial charge >= 0.3 is 0 Å². The molecule has 21 heavy (non-hydrogen) atoms. The fourth-order valence-corrected chi connectivity index (χ4v) is 2.80. The van der Waals surface area contributed by atoms with Crippen LogP contribution in [-0.4, -0.2) is 51.0 Å². The van der Waals surface area contributed by atoms with Crippen molar-refractivity contribution in [2.24, 2.45) is 0 Å². The molecule has 1 aliphatic rings. The summed E-state index contributed by atoms with van der Waals surface area (Å²) in [7, 11) is 4.69. The summed E-state index contributed by atoms with van der Waals surface area (Å²) in [6.45, 7) is 0.670. The molecule has 1 aliphatic heterocycles. The average Bonchev–Trinajstić information content (AvgIpc) is 2.97. The van der Waals surface area contributed by atoms with Gasteiger partial charge < -0.3 is 24.8 Å². The number of carbonyl (C=O) groups is 1. The summed E-state index contributed by atoms with van der Waals surface area (Å²) in [5.41, 5.74) is 6.83. The summed E-state index contributed by atoms with van der Waals surface area (Å²) in [5.74, 6) is 0.389. The molecular weight excluding hydrogens is 272 g/mol. The highest BCUT2D eigenvalue weighted by Crippen LogP contribution is 2.29. The lowest BCUT2D eigenvalue weighted by molar-refractivity contribution is -0.134. The third-order valence-electron chi connectivity index (χ3n) is 3.86. The molecule has 1 atom stereocenters. The monoisotopic (exact) mass is 294 g/mol. The van der Waals surface area contributed by atoms with Crippen molar-refractivity contribution >= 4 is 11.6 Å². The number of hydrogen-bond acceptors (Lipinski definition) is 5. The van der Waals surface area contributed by atoms with Crippen LogP contribution in [0.25, 0.3) is 0 Å². The molecule has 1 fully saturated rings. The molecule has 1 heterocycles. The Labute approximate surface area is 124 Å². The second-order valence-electron chi connectivity index (χ2n) is 4.97. The molecule has 1 saturated heterocycles. The highest BCUT2D eigenvalue weighted by molar-refractivity contribution is 6.00. The maximum atomic E-state index is 12.8. The van der Waals surface area contributed by atoms with Gasteiger partial charge in [0.1, 0.15) is 5.75 Å². The maximum absolute atomic E-state index is 12.8. The summed E-state index contributed by atoms with van der Waals surface area (Å²) in [6.07, 6.45) is 1.34. The van der Waals surface area contributed by atoms with Gasteiger partial charge in [-0.25, -0.2) is 0 Å². The first-order valence-electron chi connectivity index (χ1n) is 6.93. The number of ether oxygens (including phenoxy) is 3. The zero-order chi connectivity index (χ0) is 15.4. The largest absolute Gasteiger partial charge is 0.495 e. The molecule has 0 spiro atoms. The van der Waals surface area contributed by atoms with Gasteiger partial charge in [-0.15, -0.1) is 0 Å². The number of nitrogens with two attached hydrogens (primary N) is 1. The van der Waals surface area contributed by atoms with Crippen LogP contribution < -0.4 is 10.5 Å². The normalized spacial score (nSPS) is 18.3. The van der Waals surface area contributed by atoms with Crippen LogP contribution in [0.2, 0.25) is 0 Å². The van der Waals surface area contributed by atoms with Gasteiger partial charge in [0.15, 0.2) is 6.29 Å². The van der Waals surface area contributed by atoms with E-state index in [1.54, 1.807) is 37.3 Å². The molecule has 1 aromatic carbocycles. The van der Waals surface area contributed by atoms with E-state index in [0.717, 1.165) is 12.8 Å². The number of nitrogens with zero attached hydrogens (tertiary/aromatic N) is 1. The van der Waals surface area contributed by atoms with Crippen molar-refractivity contribution in [1.82, 2.24) is 4.90 Å². The Morgan fingerprint density at radius 1 is 1.33 bits per heavy atom. The van der Waals surface area contributed by atoms with Crippen LogP contribution in [0, 0.1) is 0 Å². The molecule has 6 heteroatoms. The fraction of sp³-hybridized carbons (Fsp3) is 0.533. The summed E-state index contributed by atoms with van der Waals surface area (Å²) in [6, 6.07) is 5.11. The van der Waals surface area contributed by atoms with Gasteiger partial charge in [-0.05, 0) is 25.0 Å². The van der Waals surface area contributed by atoms with E-state index >= 15 is 0 Å². The molecule has 0 bridgehead atoms. The molecule has 2 N–H and O–H groups in total. The fourth-order valence-electron chi connectivity index (χ4n) is 2.80. The zero-order valence-electron chi connectivity index (χ0n) is 12.7. The predicted octanol–water partition coefficient (Wildman–Crippen LogP) is 1.50. The minimum absolute atomic E-state index is 0.0990. The molecule has 116 valence electrons. The van der Waals surface area contributed by atoms with Crippen LogP contribution in [0.15, 0.2) is 18.2 Å². The highest BCUT2D eigenvalue weighted by atomic mass is 16.7. The topological polar surface area (TPSA) is 74.0 Å². The average molecular weight is 294 g/mol. The number of rotatable bonds is 5. The number of likely N-dealkylation sites (tertiary alicyclic amines) is 1. The summed E-state index contributed by atoms with van der Waals surface area (Å²) >= 11 is 0. The van der Waals surface area contributed by atoms with E-state index < -0.39 is 6.29 Å². The number of para-hydroxylation sites is 1. The van der Waals surface area contributed by atoms with Crippen LogP contribution in [-0.2, 0) is 9.47 Å². The SMILES string of the molecule is COc1cccc(C(=O)N2CCC[C@H]2C(OC)OC)c1N. The summed E-state index contributed by atoms with van der Waals surface area (Å²) in [5, 5.41) is 0. The maximum Gasteiger partial charge on any atom is 0.256 e. The first-order chi connectivity index (χ1) is 10.1. The zero-order valence-corrected chi connectivity index (χ0v) is 12.7. The van der Waals surface area contributed by atoms with Crippen LogP contribution in [0.1, 0.15) is 23.2 Å². The van der Waals surface area contributed by atoms with Crippen LogP contribution in [0.3, 0.4) is 0 Å². The lowest BCUT2D eigenvalue weighted by Gasteiger charge is -2.30. The van der Waals surface area contributed by atoms with Crippen molar-refractivity contribution in [3.8, 4) is 5.75 Å². The van der Waals surface area contributed by atoms with E-state index in [-0.39, 0.29) is 11.9 Å². The Morgan fingerprint density at radius 3 is 2.67 bits per heavy atom. The van der Waals surface area contributed by atoms with E-state index in [9.17, 15) is 4.79 Å². The molecule has 0 saturated carbocycles. The third-order valence-corrected chi connectivity index (χ3v) is 3.86. The van der Waals surface area contributed by atoms with Crippen LogP contribution in [0.5, 0.6) is 5.75 Å². The second kappa shape index (κ2) is 6.78. The summed E-state index contributed by atoms with van der Waals surface area (Å²) in [4.78, 5) is 14.5. The Kier molecular flexibility index (Phi) is 5.03. The molecule has 1 amide bonds. The Bertz CT molecular complexity index is 502. The van der Waals surface area contributed by atoms with E-state index in [1.165, 1.54) is 7.11 Å². The lowest BCUT2D eigenvalue weighted by Crippen LogP contribution is -2.44. The number of hydrogen-bond donors (Lipinski definition) is 1. The van der Waals surface area contributed by atoms with Crippen molar-refractivity contribution < 1.29 is 19.0 Å². The first kappa shape index (κ1) is 15.6. The highest BCUT2D eigenvalue weighted by Gasteiger charge is 2.36. The van der Waals surface area contributed by atoms with E-state index in [1.807, 2.05) is 0 Å². The van der Waals surface area contributed by atoms with E-state index in [0.29, 0.717) is 23.5 Å². The number of methoxy groups -OCH3 is 3. The van der Waals surface area contributed by atoms with Crippen molar-refractivity contribution in [3.63, 3.8) is 0 Å². The molecule has 1 aromatic rings. The second-order valence-corrected chi connectivity index (χ2v) is 4.97. The number of nitrogen functional groups attached to an aromatic ring is 1. The number of amides is 1. The number of carbonyl (C=O) groups excluding carboxylic acids is 1. The Hall–Kier alpha value is -1.79. The minimum Gasteiger partial charge on any atom is -0.495 e. The molecule has 0 unspecified atom stereocenters. The van der Waals surface area contributed by atoms with Gasteiger partial charge in [0.2, 0.25) is 0 Å². The van der Waals surface area contributed by atoms with E-state index in [2.05, 4.69) is 0 Å². The minimum atomic E-state index is -0.428. The van der Waals surface area contributed by atoms with Gasteiger partial charge in [0, 0.05) is 20.8 Å². The number of anilines is 1. The molecule has 0 aliphatic carbocycles. The number of benzene rings is 1. The van der Waals surface area contributed by atoms with Crippen LogP contribution >= 0.6 is 0 Å². The van der Waals surface area contributed by atoms with Crippen molar-refractivity contribution in [1.29, 1.82) is 0 Å². The van der Waals surface area contributed by atoms with Crippen molar-refractivity contribution in [2.45, 2.75) is 25.2 Å². The molecule has 2 rings (SSSR count). The molecular formula is C15H22N2O4. The molecule has 0 radical (unpaired) electrons. The Balaban J connectivity index is 2.27. The van der Waals surface area contributed by atoms with E-state index in [4.69, 9.17) is 19.9 Å². The van der Waals surface area contributed by atoms with Gasteiger partial charge in [0.25, 0.3) is 5.91 Å². The van der Waals surface area contributed by atoms with Gasteiger partial charge in [-0.2, -0.15) is 0 Å². The van der Waals surface area contributed by atoms with Crippen molar-refractivity contribution in [2.75, 3.05) is 33.6 Å². The molecule has 0 aromatic heterocycles. The standard InChI is InChI=1S/C15H22N2O4/c1-19-12-8-4-6-10(13(12)16)14(18)17-9-5-7-11(17)15(20-2)21-3/h4,6,8,11,15H,5,7,9,16H2,1-3H3/t11-/m0/s1. The van der Waals surface area contributed by atoms with Gasteiger partial charge in [-0.1, -0.05) is 6.07 Å². The smallest absolute Gasteiger partial charge is 0.256 e. The third kappa shape index (κ3) is 2.96. The van der Waals surface area contributed by atoms with Crippen LogP contribution in [0.4, 0.5) is 5.69 Å². The molecule has 6 nitrogen and oxygen atoms in total. The lowest BCUT2D eigenvalue weighted by atomic mass is 10.1. The summed E-state index contributed by atoms with van der Waals surface area (Å²) < 4.78 is 15.8.